The number of ether oxygens (including phenoxy) is 2. The van der Waals surface area contributed by atoms with E-state index in [1.807, 2.05) is 36.2 Å². The van der Waals surface area contributed by atoms with Crippen LogP contribution in [0.4, 0.5) is 5.82 Å². The average Bonchev–Trinajstić information content (AvgIpc) is 2.55. The topological polar surface area (TPSA) is 58.4 Å². The van der Waals surface area contributed by atoms with E-state index in [4.69, 9.17) is 14.7 Å². The molecule has 3 rings (SSSR count). The molecule has 106 valence electrons. The quantitative estimate of drug-likeness (QED) is 0.864. The molecular weight excluding hydrogens is 266 g/mol. The van der Waals surface area contributed by atoms with Gasteiger partial charge in [-0.1, -0.05) is 6.07 Å². The molecule has 2 aromatic rings. The standard InChI is InChI=1S/C16H15N3O2/c1-19(16-5-3-13(9-17)10-18-16)11-12-2-4-14-15(8-12)21-7-6-20-14/h2-5,8,10H,6-7,11H2,1H3. The zero-order chi connectivity index (χ0) is 14.7. The summed E-state index contributed by atoms with van der Waals surface area (Å²) in [5.41, 5.74) is 1.68. The van der Waals surface area contributed by atoms with E-state index in [-0.39, 0.29) is 0 Å². The third-order valence-electron chi connectivity index (χ3n) is 3.29. The number of pyridine rings is 1. The molecule has 0 amide bonds. The highest BCUT2D eigenvalue weighted by atomic mass is 16.6. The van der Waals surface area contributed by atoms with Crippen molar-refractivity contribution in [2.24, 2.45) is 0 Å². The highest BCUT2D eigenvalue weighted by molar-refractivity contribution is 5.46. The smallest absolute Gasteiger partial charge is 0.161 e. The fraction of sp³-hybridized carbons (Fsp3) is 0.250. The number of rotatable bonds is 3. The highest BCUT2D eigenvalue weighted by Gasteiger charge is 2.12. The predicted octanol–water partition coefficient (Wildman–Crippen LogP) is 2.36. The van der Waals surface area contributed by atoms with Gasteiger partial charge in [0.2, 0.25) is 0 Å². The minimum atomic E-state index is 0.562. The van der Waals surface area contributed by atoms with Crippen LogP contribution in [0.5, 0.6) is 11.5 Å². The van der Waals surface area contributed by atoms with Crippen LogP contribution in [0.1, 0.15) is 11.1 Å². The minimum absolute atomic E-state index is 0.562. The van der Waals surface area contributed by atoms with Gasteiger partial charge >= 0.3 is 0 Å². The molecule has 0 radical (unpaired) electrons. The van der Waals surface area contributed by atoms with Gasteiger partial charge in [0.1, 0.15) is 25.1 Å². The Hall–Kier alpha value is -2.74. The summed E-state index contributed by atoms with van der Waals surface area (Å²) in [5, 5.41) is 8.79. The zero-order valence-corrected chi connectivity index (χ0v) is 11.7. The van der Waals surface area contributed by atoms with E-state index in [1.165, 1.54) is 0 Å². The number of hydrogen-bond acceptors (Lipinski definition) is 5. The Morgan fingerprint density at radius 3 is 2.71 bits per heavy atom. The van der Waals surface area contributed by atoms with Gasteiger partial charge in [-0.05, 0) is 29.8 Å². The first-order chi connectivity index (χ1) is 10.3. The second-order valence-electron chi connectivity index (χ2n) is 4.85. The van der Waals surface area contributed by atoms with Crippen LogP contribution >= 0.6 is 0 Å². The molecule has 2 heterocycles. The van der Waals surface area contributed by atoms with Crippen LogP contribution in [0, 0.1) is 11.3 Å². The summed E-state index contributed by atoms with van der Waals surface area (Å²) in [5.74, 6) is 2.41. The minimum Gasteiger partial charge on any atom is -0.486 e. The molecule has 0 spiro atoms. The Bertz CT molecular complexity index is 677. The fourth-order valence-corrected chi connectivity index (χ4v) is 2.22. The molecule has 1 aromatic heterocycles. The molecule has 5 nitrogen and oxygen atoms in total. The maximum atomic E-state index is 8.79. The van der Waals surface area contributed by atoms with Crippen molar-refractivity contribution in [2.75, 3.05) is 25.2 Å². The van der Waals surface area contributed by atoms with Crippen molar-refractivity contribution in [3.63, 3.8) is 0 Å². The van der Waals surface area contributed by atoms with Crippen LogP contribution in [0.15, 0.2) is 36.5 Å². The average molecular weight is 281 g/mol. The normalized spacial score (nSPS) is 12.6. The van der Waals surface area contributed by atoms with Crippen molar-refractivity contribution in [1.29, 1.82) is 5.26 Å². The summed E-state index contributed by atoms with van der Waals surface area (Å²) in [7, 11) is 1.96. The van der Waals surface area contributed by atoms with E-state index < -0.39 is 0 Å². The number of benzene rings is 1. The maximum absolute atomic E-state index is 8.79. The summed E-state index contributed by atoms with van der Waals surface area (Å²) < 4.78 is 11.1. The molecule has 0 N–H and O–H groups in total. The third kappa shape index (κ3) is 2.90. The second kappa shape index (κ2) is 5.71. The summed E-state index contributed by atoms with van der Waals surface area (Å²) in [6.07, 6.45) is 1.58. The second-order valence-corrected chi connectivity index (χ2v) is 4.85. The lowest BCUT2D eigenvalue weighted by Crippen LogP contribution is -2.19. The number of nitriles is 1. The van der Waals surface area contributed by atoms with Crippen molar-refractivity contribution < 1.29 is 9.47 Å². The first-order valence-electron chi connectivity index (χ1n) is 6.72. The number of anilines is 1. The van der Waals surface area contributed by atoms with Crippen molar-refractivity contribution in [3.8, 4) is 17.6 Å². The summed E-state index contributed by atoms with van der Waals surface area (Å²) in [4.78, 5) is 6.30. The van der Waals surface area contributed by atoms with E-state index in [9.17, 15) is 0 Å². The molecular formula is C16H15N3O2. The van der Waals surface area contributed by atoms with Crippen LogP contribution in [0.25, 0.3) is 0 Å². The molecule has 0 unspecified atom stereocenters. The van der Waals surface area contributed by atoms with Gasteiger partial charge in [0.25, 0.3) is 0 Å². The molecule has 0 saturated heterocycles. The fourth-order valence-electron chi connectivity index (χ4n) is 2.22. The molecule has 21 heavy (non-hydrogen) atoms. The van der Waals surface area contributed by atoms with Gasteiger partial charge in [0.05, 0.1) is 5.56 Å². The van der Waals surface area contributed by atoms with E-state index in [1.54, 1.807) is 12.3 Å². The Morgan fingerprint density at radius 2 is 2.00 bits per heavy atom. The first kappa shape index (κ1) is 13.3. The molecule has 0 bridgehead atoms. The third-order valence-corrected chi connectivity index (χ3v) is 3.29. The zero-order valence-electron chi connectivity index (χ0n) is 11.7. The number of hydrogen-bond donors (Lipinski definition) is 0. The molecule has 0 fully saturated rings. The summed E-state index contributed by atoms with van der Waals surface area (Å²) >= 11 is 0. The number of fused-ring (bicyclic) bond motifs is 1. The lowest BCUT2D eigenvalue weighted by atomic mass is 10.2. The van der Waals surface area contributed by atoms with Gasteiger partial charge in [-0.25, -0.2) is 4.98 Å². The van der Waals surface area contributed by atoms with Crippen molar-refractivity contribution in [2.45, 2.75) is 6.54 Å². The van der Waals surface area contributed by atoms with Gasteiger partial charge in [-0.2, -0.15) is 5.26 Å². The van der Waals surface area contributed by atoms with Crippen molar-refractivity contribution in [1.82, 2.24) is 4.98 Å². The molecule has 0 saturated carbocycles. The van der Waals surface area contributed by atoms with Gasteiger partial charge < -0.3 is 14.4 Å². The molecule has 1 aliphatic rings. The maximum Gasteiger partial charge on any atom is 0.161 e. The first-order valence-corrected chi connectivity index (χ1v) is 6.72. The van der Waals surface area contributed by atoms with E-state index in [0.29, 0.717) is 25.3 Å². The largest absolute Gasteiger partial charge is 0.486 e. The van der Waals surface area contributed by atoms with Crippen LogP contribution in [0.3, 0.4) is 0 Å². The number of aromatic nitrogens is 1. The Balaban J connectivity index is 1.74. The van der Waals surface area contributed by atoms with Gasteiger partial charge in [0, 0.05) is 19.8 Å². The molecule has 1 aliphatic heterocycles. The monoisotopic (exact) mass is 281 g/mol. The van der Waals surface area contributed by atoms with Crippen LogP contribution in [-0.2, 0) is 6.54 Å². The number of nitrogens with zero attached hydrogens (tertiary/aromatic N) is 3. The lowest BCUT2D eigenvalue weighted by Gasteiger charge is -2.21. The van der Waals surface area contributed by atoms with Crippen LogP contribution < -0.4 is 14.4 Å². The van der Waals surface area contributed by atoms with Gasteiger partial charge in [0.15, 0.2) is 11.5 Å². The molecule has 0 aliphatic carbocycles. The van der Waals surface area contributed by atoms with E-state index in [0.717, 1.165) is 22.9 Å². The molecule has 1 aromatic carbocycles. The molecule has 5 heteroatoms. The van der Waals surface area contributed by atoms with Gasteiger partial charge in [-0.3, -0.25) is 0 Å². The Labute approximate surface area is 123 Å². The SMILES string of the molecule is CN(Cc1ccc2c(c1)OCCO2)c1ccc(C#N)cn1. The van der Waals surface area contributed by atoms with E-state index >= 15 is 0 Å². The highest BCUT2D eigenvalue weighted by Crippen LogP contribution is 2.31. The van der Waals surface area contributed by atoms with Crippen molar-refractivity contribution in [3.05, 3.63) is 47.7 Å². The Kier molecular flexibility index (Phi) is 3.61. The van der Waals surface area contributed by atoms with Crippen molar-refractivity contribution >= 4 is 5.82 Å². The van der Waals surface area contributed by atoms with Crippen LogP contribution in [0.2, 0.25) is 0 Å². The lowest BCUT2D eigenvalue weighted by molar-refractivity contribution is 0.171. The summed E-state index contributed by atoms with van der Waals surface area (Å²) in [6.45, 7) is 1.89. The van der Waals surface area contributed by atoms with Gasteiger partial charge in [-0.15, -0.1) is 0 Å². The predicted molar refractivity (Wildman–Crippen MR) is 78.5 cm³/mol. The molecule has 0 atom stereocenters. The summed E-state index contributed by atoms with van der Waals surface area (Å²) in [6, 6.07) is 11.6. The Morgan fingerprint density at radius 1 is 1.19 bits per heavy atom. The van der Waals surface area contributed by atoms with E-state index in [2.05, 4.69) is 11.1 Å². The van der Waals surface area contributed by atoms with Crippen LogP contribution in [-0.4, -0.2) is 25.2 Å².